The van der Waals surface area contributed by atoms with E-state index in [0.29, 0.717) is 19.6 Å². The van der Waals surface area contributed by atoms with Crippen molar-refractivity contribution >= 4 is 12.0 Å². The molecule has 2 aromatic heterocycles. The van der Waals surface area contributed by atoms with Crippen molar-refractivity contribution in [3.63, 3.8) is 0 Å². The Labute approximate surface area is 122 Å². The van der Waals surface area contributed by atoms with Crippen LogP contribution in [0.2, 0.25) is 0 Å². The number of amides is 2. The molecule has 0 saturated carbocycles. The average Bonchev–Trinajstić information content (AvgIpc) is 3.07. The Balaban J connectivity index is 1.48. The molecule has 1 fully saturated rings. The van der Waals surface area contributed by atoms with Crippen LogP contribution in [-0.2, 0) is 6.54 Å². The van der Waals surface area contributed by atoms with Gasteiger partial charge in [-0.2, -0.15) is 5.10 Å². The van der Waals surface area contributed by atoms with Crippen molar-refractivity contribution in [2.45, 2.75) is 6.54 Å². The lowest BCUT2D eigenvalue weighted by molar-refractivity contribution is 0.193. The molecule has 1 aliphatic heterocycles. The van der Waals surface area contributed by atoms with E-state index in [1.807, 2.05) is 6.07 Å². The second-order valence-corrected chi connectivity index (χ2v) is 4.76. The van der Waals surface area contributed by atoms with Crippen molar-refractivity contribution in [1.82, 2.24) is 30.4 Å². The van der Waals surface area contributed by atoms with E-state index in [2.05, 4.69) is 30.4 Å². The predicted octanol–water partition coefficient (Wildman–Crippen LogP) is 0.231. The molecule has 8 nitrogen and oxygen atoms in total. The summed E-state index contributed by atoms with van der Waals surface area (Å²) in [6.07, 6.45) is 5.12. The van der Waals surface area contributed by atoms with Crippen molar-refractivity contribution in [1.29, 1.82) is 0 Å². The molecule has 110 valence electrons. The quantitative estimate of drug-likeness (QED) is 0.843. The maximum Gasteiger partial charge on any atom is 0.317 e. The summed E-state index contributed by atoms with van der Waals surface area (Å²) in [4.78, 5) is 24.4. The number of anilines is 1. The third-order valence-corrected chi connectivity index (χ3v) is 3.39. The molecule has 8 heteroatoms. The standard InChI is InChI=1S/C13H17N7O/c21-13(16-10-11-2-5-17-18-11)20-8-6-19(7-9-20)12-14-3-1-4-15-12/h1-5H,6-10H2,(H,16,21)(H,17,18). The van der Waals surface area contributed by atoms with Crippen LogP contribution in [0.4, 0.5) is 10.7 Å². The van der Waals surface area contributed by atoms with Gasteiger partial charge in [0.05, 0.1) is 12.2 Å². The Hall–Kier alpha value is -2.64. The molecule has 0 atom stereocenters. The maximum atomic E-state index is 12.1. The fourth-order valence-corrected chi connectivity index (χ4v) is 2.23. The zero-order valence-corrected chi connectivity index (χ0v) is 11.6. The highest BCUT2D eigenvalue weighted by Crippen LogP contribution is 2.09. The second-order valence-electron chi connectivity index (χ2n) is 4.76. The van der Waals surface area contributed by atoms with Crippen molar-refractivity contribution in [3.8, 4) is 0 Å². The zero-order valence-electron chi connectivity index (χ0n) is 11.6. The van der Waals surface area contributed by atoms with Gasteiger partial charge in [0.1, 0.15) is 0 Å². The number of hydrogen-bond donors (Lipinski definition) is 2. The van der Waals surface area contributed by atoms with Gasteiger partial charge in [0.25, 0.3) is 0 Å². The molecule has 21 heavy (non-hydrogen) atoms. The highest BCUT2D eigenvalue weighted by atomic mass is 16.2. The Morgan fingerprint density at radius 1 is 1.19 bits per heavy atom. The van der Waals surface area contributed by atoms with Crippen LogP contribution in [0.25, 0.3) is 0 Å². The van der Waals surface area contributed by atoms with Gasteiger partial charge in [-0.1, -0.05) is 0 Å². The summed E-state index contributed by atoms with van der Waals surface area (Å²) in [5.74, 6) is 0.718. The molecular weight excluding hydrogens is 270 g/mol. The van der Waals surface area contributed by atoms with Gasteiger partial charge in [-0.3, -0.25) is 5.10 Å². The minimum atomic E-state index is -0.0572. The third-order valence-electron chi connectivity index (χ3n) is 3.39. The molecule has 1 saturated heterocycles. The van der Waals surface area contributed by atoms with Crippen molar-refractivity contribution in [2.24, 2.45) is 0 Å². The van der Waals surface area contributed by atoms with Crippen LogP contribution >= 0.6 is 0 Å². The van der Waals surface area contributed by atoms with Crippen LogP contribution in [0.1, 0.15) is 5.69 Å². The van der Waals surface area contributed by atoms with Crippen LogP contribution in [0.5, 0.6) is 0 Å². The molecule has 0 aliphatic carbocycles. The van der Waals surface area contributed by atoms with E-state index in [1.54, 1.807) is 29.6 Å². The number of nitrogens with zero attached hydrogens (tertiary/aromatic N) is 5. The summed E-state index contributed by atoms with van der Waals surface area (Å²) in [6, 6.07) is 3.58. The summed E-state index contributed by atoms with van der Waals surface area (Å²) < 4.78 is 0. The van der Waals surface area contributed by atoms with Gasteiger partial charge in [0, 0.05) is 44.8 Å². The molecular formula is C13H17N7O. The molecule has 2 N–H and O–H groups in total. The van der Waals surface area contributed by atoms with Gasteiger partial charge < -0.3 is 15.1 Å². The van der Waals surface area contributed by atoms with Crippen LogP contribution in [0.3, 0.4) is 0 Å². The monoisotopic (exact) mass is 287 g/mol. The second kappa shape index (κ2) is 6.21. The first-order chi connectivity index (χ1) is 10.3. The van der Waals surface area contributed by atoms with E-state index in [0.717, 1.165) is 24.7 Å². The van der Waals surface area contributed by atoms with Gasteiger partial charge in [0.15, 0.2) is 0 Å². The number of urea groups is 1. The number of rotatable bonds is 3. The summed E-state index contributed by atoms with van der Waals surface area (Å²) in [5, 5.41) is 9.54. The normalized spacial score (nSPS) is 15.0. The number of H-pyrrole nitrogens is 1. The molecule has 1 aliphatic rings. The van der Waals surface area contributed by atoms with Gasteiger partial charge in [-0.25, -0.2) is 14.8 Å². The molecule has 0 spiro atoms. The Morgan fingerprint density at radius 3 is 2.62 bits per heavy atom. The number of carbonyl (C=O) groups is 1. The fraction of sp³-hybridized carbons (Fsp3) is 0.385. The molecule has 0 unspecified atom stereocenters. The first kappa shape index (κ1) is 13.3. The van der Waals surface area contributed by atoms with Crippen LogP contribution in [0, 0.1) is 0 Å². The van der Waals surface area contributed by atoms with E-state index >= 15 is 0 Å². The first-order valence-electron chi connectivity index (χ1n) is 6.86. The summed E-state index contributed by atoms with van der Waals surface area (Å²) in [7, 11) is 0. The summed E-state index contributed by atoms with van der Waals surface area (Å²) >= 11 is 0. The van der Waals surface area contributed by atoms with E-state index < -0.39 is 0 Å². The minimum absolute atomic E-state index is 0.0572. The van der Waals surface area contributed by atoms with Crippen LogP contribution < -0.4 is 10.2 Å². The van der Waals surface area contributed by atoms with Gasteiger partial charge in [-0.15, -0.1) is 0 Å². The van der Waals surface area contributed by atoms with E-state index in [9.17, 15) is 4.79 Å². The largest absolute Gasteiger partial charge is 0.337 e. The van der Waals surface area contributed by atoms with Gasteiger partial charge in [-0.05, 0) is 12.1 Å². The molecule has 2 aromatic rings. The van der Waals surface area contributed by atoms with E-state index in [1.165, 1.54) is 0 Å². The van der Waals surface area contributed by atoms with Crippen molar-refractivity contribution in [3.05, 3.63) is 36.4 Å². The van der Waals surface area contributed by atoms with E-state index in [-0.39, 0.29) is 6.03 Å². The number of nitrogens with one attached hydrogen (secondary N) is 2. The third kappa shape index (κ3) is 3.28. The van der Waals surface area contributed by atoms with Crippen LogP contribution in [0.15, 0.2) is 30.7 Å². The molecule has 0 aromatic carbocycles. The SMILES string of the molecule is O=C(NCc1ccn[nH]1)N1CCN(c2ncccn2)CC1. The van der Waals surface area contributed by atoms with Crippen LogP contribution in [-0.4, -0.2) is 57.3 Å². The van der Waals surface area contributed by atoms with Gasteiger partial charge in [0.2, 0.25) is 5.95 Å². The molecule has 3 heterocycles. The fourth-order valence-electron chi connectivity index (χ4n) is 2.23. The number of piperazine rings is 1. The molecule has 2 amide bonds. The molecule has 3 rings (SSSR count). The number of aromatic nitrogens is 4. The van der Waals surface area contributed by atoms with Gasteiger partial charge >= 0.3 is 6.03 Å². The zero-order chi connectivity index (χ0) is 14.5. The van der Waals surface area contributed by atoms with Crippen molar-refractivity contribution in [2.75, 3.05) is 31.1 Å². The number of aromatic amines is 1. The highest BCUT2D eigenvalue weighted by Gasteiger charge is 2.22. The lowest BCUT2D eigenvalue weighted by Crippen LogP contribution is -2.52. The highest BCUT2D eigenvalue weighted by molar-refractivity contribution is 5.74. The number of hydrogen-bond acceptors (Lipinski definition) is 5. The lowest BCUT2D eigenvalue weighted by Gasteiger charge is -2.34. The molecule has 0 radical (unpaired) electrons. The lowest BCUT2D eigenvalue weighted by atomic mass is 10.3. The minimum Gasteiger partial charge on any atom is -0.337 e. The number of carbonyl (C=O) groups excluding carboxylic acids is 1. The Kier molecular flexibility index (Phi) is 3.95. The predicted molar refractivity (Wildman–Crippen MR) is 76.6 cm³/mol. The summed E-state index contributed by atoms with van der Waals surface area (Å²) in [5.41, 5.74) is 0.889. The summed E-state index contributed by atoms with van der Waals surface area (Å²) in [6.45, 7) is 3.25. The molecule has 0 bridgehead atoms. The Bertz CT molecular complexity index is 563. The van der Waals surface area contributed by atoms with Crippen molar-refractivity contribution < 1.29 is 4.79 Å². The first-order valence-corrected chi connectivity index (χ1v) is 6.86. The topological polar surface area (TPSA) is 90.0 Å². The van der Waals surface area contributed by atoms with E-state index in [4.69, 9.17) is 0 Å². The smallest absolute Gasteiger partial charge is 0.317 e. The average molecular weight is 287 g/mol. The maximum absolute atomic E-state index is 12.1. The Morgan fingerprint density at radius 2 is 1.95 bits per heavy atom.